The topological polar surface area (TPSA) is 56.7 Å². The molecule has 0 fully saturated rings. The maximum Gasteiger partial charge on any atom is 0.191 e. The summed E-state index contributed by atoms with van der Waals surface area (Å²) >= 11 is 1.72. The minimum absolute atomic E-state index is 0. The first-order chi connectivity index (χ1) is 10.7. The van der Waals surface area contributed by atoms with Gasteiger partial charge < -0.3 is 15.7 Å². The second kappa shape index (κ2) is 13.9. The number of nitrogens with zero attached hydrogens (tertiary/aromatic N) is 1. The van der Waals surface area contributed by atoms with Gasteiger partial charge in [0.15, 0.2) is 5.96 Å². The molecule has 3 N–H and O–H groups in total. The molecule has 0 spiro atoms. The van der Waals surface area contributed by atoms with Crippen LogP contribution < -0.4 is 10.6 Å². The zero-order valence-electron chi connectivity index (χ0n) is 13.7. The summed E-state index contributed by atoms with van der Waals surface area (Å²) in [7, 11) is 0. The highest BCUT2D eigenvalue weighted by Gasteiger charge is 2.01. The van der Waals surface area contributed by atoms with E-state index in [1.54, 1.807) is 23.9 Å². The molecule has 1 unspecified atom stereocenters. The van der Waals surface area contributed by atoms with Crippen molar-refractivity contribution in [2.45, 2.75) is 25.2 Å². The Morgan fingerprint density at radius 1 is 1.30 bits per heavy atom. The van der Waals surface area contributed by atoms with Crippen molar-refractivity contribution < 1.29 is 9.50 Å². The predicted molar refractivity (Wildman–Crippen MR) is 107 cm³/mol. The highest BCUT2D eigenvalue weighted by Crippen LogP contribution is 2.18. The van der Waals surface area contributed by atoms with Crippen LogP contribution in [-0.2, 0) is 0 Å². The minimum atomic E-state index is -0.199. The first-order valence-corrected chi connectivity index (χ1v) is 8.65. The van der Waals surface area contributed by atoms with E-state index in [-0.39, 0.29) is 42.3 Å². The molecule has 0 aliphatic rings. The summed E-state index contributed by atoms with van der Waals surface area (Å²) in [6.45, 7) is 6.38. The number of thioether (sulfide) groups is 1. The molecule has 1 rings (SSSR count). The molecule has 0 amide bonds. The normalized spacial score (nSPS) is 12.4. The SMILES string of the molecule is CCNC(=NCC(C)CO)NCCCSc1ccc(F)cc1.I. The molecular weight excluding hydrogens is 428 g/mol. The van der Waals surface area contributed by atoms with Gasteiger partial charge in [-0.2, -0.15) is 0 Å². The first kappa shape index (κ1) is 22.5. The first-order valence-electron chi connectivity index (χ1n) is 7.67. The second-order valence-corrected chi connectivity index (χ2v) is 6.26. The van der Waals surface area contributed by atoms with E-state index in [1.165, 1.54) is 12.1 Å². The molecule has 1 aromatic carbocycles. The summed E-state index contributed by atoms with van der Waals surface area (Å²) in [5.74, 6) is 1.72. The quantitative estimate of drug-likeness (QED) is 0.176. The van der Waals surface area contributed by atoms with Crippen LogP contribution >= 0.6 is 35.7 Å². The van der Waals surface area contributed by atoms with Crippen molar-refractivity contribution in [3.8, 4) is 0 Å². The van der Waals surface area contributed by atoms with E-state index >= 15 is 0 Å². The van der Waals surface area contributed by atoms with Crippen molar-refractivity contribution in [2.24, 2.45) is 10.9 Å². The van der Waals surface area contributed by atoms with Gasteiger partial charge in [0, 0.05) is 31.1 Å². The molecule has 0 radical (unpaired) electrons. The lowest BCUT2D eigenvalue weighted by Crippen LogP contribution is -2.38. The van der Waals surface area contributed by atoms with Gasteiger partial charge in [-0.25, -0.2) is 4.39 Å². The van der Waals surface area contributed by atoms with Gasteiger partial charge in [-0.3, -0.25) is 4.99 Å². The van der Waals surface area contributed by atoms with Gasteiger partial charge in [-0.15, -0.1) is 35.7 Å². The fourth-order valence-corrected chi connectivity index (χ4v) is 2.50. The third kappa shape index (κ3) is 10.8. The number of benzene rings is 1. The Kier molecular flexibility index (Phi) is 13.5. The second-order valence-electron chi connectivity index (χ2n) is 5.09. The maximum atomic E-state index is 12.8. The number of aliphatic imine (C=N–C) groups is 1. The molecule has 4 nitrogen and oxygen atoms in total. The van der Waals surface area contributed by atoms with Gasteiger partial charge in [0.25, 0.3) is 0 Å². The molecule has 0 saturated heterocycles. The Morgan fingerprint density at radius 2 is 2.00 bits per heavy atom. The summed E-state index contributed by atoms with van der Waals surface area (Å²) in [4.78, 5) is 5.52. The van der Waals surface area contributed by atoms with E-state index in [0.29, 0.717) is 6.54 Å². The van der Waals surface area contributed by atoms with Crippen molar-refractivity contribution >= 4 is 41.7 Å². The van der Waals surface area contributed by atoms with Crippen LogP contribution in [0.2, 0.25) is 0 Å². The molecule has 0 saturated carbocycles. The molecule has 0 aliphatic heterocycles. The number of rotatable bonds is 9. The van der Waals surface area contributed by atoms with Crippen LogP contribution in [0.15, 0.2) is 34.2 Å². The van der Waals surface area contributed by atoms with Crippen LogP contribution in [0.5, 0.6) is 0 Å². The van der Waals surface area contributed by atoms with Crippen LogP contribution in [0.25, 0.3) is 0 Å². The maximum absolute atomic E-state index is 12.8. The van der Waals surface area contributed by atoms with Gasteiger partial charge >= 0.3 is 0 Å². The Labute approximate surface area is 159 Å². The Hall–Kier alpha value is -0.540. The lowest BCUT2D eigenvalue weighted by atomic mass is 10.2. The van der Waals surface area contributed by atoms with Crippen LogP contribution in [0.3, 0.4) is 0 Å². The van der Waals surface area contributed by atoms with Gasteiger partial charge in [-0.05, 0) is 49.3 Å². The average molecular weight is 455 g/mol. The lowest BCUT2D eigenvalue weighted by molar-refractivity contribution is 0.241. The van der Waals surface area contributed by atoms with E-state index in [2.05, 4.69) is 15.6 Å². The largest absolute Gasteiger partial charge is 0.396 e. The predicted octanol–water partition coefficient (Wildman–Crippen LogP) is 3.11. The Bertz CT molecular complexity index is 445. The zero-order chi connectivity index (χ0) is 16.2. The zero-order valence-corrected chi connectivity index (χ0v) is 16.9. The number of hydrogen-bond donors (Lipinski definition) is 3. The number of aliphatic hydroxyl groups excluding tert-OH is 1. The molecule has 132 valence electrons. The van der Waals surface area contributed by atoms with Crippen molar-refractivity contribution in [2.75, 3.05) is 32.0 Å². The van der Waals surface area contributed by atoms with Crippen LogP contribution in [0.4, 0.5) is 4.39 Å². The van der Waals surface area contributed by atoms with E-state index < -0.39 is 0 Å². The summed E-state index contributed by atoms with van der Waals surface area (Å²) in [5, 5.41) is 15.5. The van der Waals surface area contributed by atoms with E-state index in [4.69, 9.17) is 5.11 Å². The molecule has 1 atom stereocenters. The van der Waals surface area contributed by atoms with E-state index in [1.807, 2.05) is 13.8 Å². The number of guanidine groups is 1. The number of hydrogen-bond acceptors (Lipinski definition) is 3. The van der Waals surface area contributed by atoms with Gasteiger partial charge in [0.05, 0.1) is 0 Å². The fraction of sp³-hybridized carbons (Fsp3) is 0.562. The fourth-order valence-electron chi connectivity index (χ4n) is 1.65. The van der Waals surface area contributed by atoms with Gasteiger partial charge in [-0.1, -0.05) is 6.92 Å². The summed E-state index contributed by atoms with van der Waals surface area (Å²) in [5.41, 5.74) is 0. The third-order valence-corrected chi connectivity index (χ3v) is 4.01. The molecule has 0 bridgehead atoms. The summed E-state index contributed by atoms with van der Waals surface area (Å²) in [6.07, 6.45) is 0.988. The molecule has 23 heavy (non-hydrogen) atoms. The van der Waals surface area contributed by atoms with Crippen molar-refractivity contribution in [1.29, 1.82) is 0 Å². The molecule has 0 aromatic heterocycles. The number of halogens is 2. The molecule has 0 heterocycles. The smallest absolute Gasteiger partial charge is 0.191 e. The van der Waals surface area contributed by atoms with Crippen molar-refractivity contribution in [3.63, 3.8) is 0 Å². The summed E-state index contributed by atoms with van der Waals surface area (Å²) in [6, 6.07) is 6.57. The number of aliphatic hydroxyl groups is 1. The standard InChI is InChI=1S/C16H26FN3OS.HI/c1-3-18-16(20-11-13(2)12-21)19-9-4-10-22-15-7-5-14(17)6-8-15;/h5-8,13,21H,3-4,9-12H2,1-2H3,(H2,18,19,20);1H. The van der Waals surface area contributed by atoms with Crippen LogP contribution in [0.1, 0.15) is 20.3 Å². The average Bonchev–Trinajstić information content (AvgIpc) is 2.53. The molecule has 1 aromatic rings. The van der Waals surface area contributed by atoms with Crippen molar-refractivity contribution in [3.05, 3.63) is 30.1 Å². The van der Waals surface area contributed by atoms with E-state index in [0.717, 1.165) is 36.1 Å². The third-order valence-electron chi connectivity index (χ3n) is 2.91. The monoisotopic (exact) mass is 455 g/mol. The highest BCUT2D eigenvalue weighted by molar-refractivity contribution is 14.0. The van der Waals surface area contributed by atoms with Gasteiger partial charge in [0.1, 0.15) is 5.82 Å². The van der Waals surface area contributed by atoms with E-state index in [9.17, 15) is 4.39 Å². The molecular formula is C16H27FIN3OS. The van der Waals surface area contributed by atoms with Crippen LogP contribution in [0, 0.1) is 11.7 Å². The van der Waals surface area contributed by atoms with Crippen LogP contribution in [-0.4, -0.2) is 43.1 Å². The highest BCUT2D eigenvalue weighted by atomic mass is 127. The number of nitrogens with one attached hydrogen (secondary N) is 2. The Morgan fingerprint density at radius 3 is 2.61 bits per heavy atom. The minimum Gasteiger partial charge on any atom is -0.396 e. The van der Waals surface area contributed by atoms with Crippen molar-refractivity contribution in [1.82, 2.24) is 10.6 Å². The Balaban J connectivity index is 0.00000484. The molecule has 7 heteroatoms. The van der Waals surface area contributed by atoms with Gasteiger partial charge in [0.2, 0.25) is 0 Å². The lowest BCUT2D eigenvalue weighted by Gasteiger charge is -2.12. The molecule has 0 aliphatic carbocycles. The summed E-state index contributed by atoms with van der Waals surface area (Å²) < 4.78 is 12.8.